The van der Waals surface area contributed by atoms with E-state index in [4.69, 9.17) is 37.0 Å². The van der Waals surface area contributed by atoms with Gasteiger partial charge >= 0.3 is 39.5 Å². The second-order valence-electron chi connectivity index (χ2n) is 21.6. The van der Waals surface area contributed by atoms with Crippen LogP contribution in [0.4, 0.5) is 0 Å². The fourth-order valence-electron chi connectivity index (χ4n) is 8.29. The number of phosphoric acid groups is 2. The number of ether oxygens (including phenoxy) is 4. The van der Waals surface area contributed by atoms with Gasteiger partial charge in [0.2, 0.25) is 0 Å². The molecule has 0 bridgehead atoms. The normalized spacial score (nSPS) is 14.5. The first-order chi connectivity index (χ1) is 36.4. The van der Waals surface area contributed by atoms with Crippen LogP contribution in [0, 0.1) is 11.8 Å². The van der Waals surface area contributed by atoms with Crippen LogP contribution in [0.3, 0.4) is 0 Å². The fraction of sp³-hybridized carbons (Fsp3) is 0.930. The highest BCUT2D eigenvalue weighted by Gasteiger charge is 2.30. The number of unbranched alkanes of at least 4 members (excludes halogenated alkanes) is 26. The van der Waals surface area contributed by atoms with Crippen LogP contribution in [0.2, 0.25) is 0 Å². The average Bonchev–Trinajstić information content (AvgIpc) is 3.37. The predicted octanol–water partition coefficient (Wildman–Crippen LogP) is 14.9. The van der Waals surface area contributed by atoms with Crippen LogP contribution in [0.1, 0.15) is 273 Å². The van der Waals surface area contributed by atoms with Crippen molar-refractivity contribution in [2.75, 3.05) is 39.6 Å². The van der Waals surface area contributed by atoms with E-state index in [2.05, 4.69) is 41.5 Å². The molecule has 0 aliphatic rings. The molecule has 0 saturated carbocycles. The second-order valence-corrected chi connectivity index (χ2v) is 24.5. The Morgan fingerprint density at radius 1 is 0.355 bits per heavy atom. The SMILES string of the molecule is CCCCCCCC(=O)OC[C@H](COP(=O)(O)OC[C@H](O)COP(=O)(O)OC[C@@H](COC(=O)CCCCCCCCC(C)C)OC(=O)CCCCCCCCCCCCCCCCC(C)C)OC(=O)CCCCCCC. The Morgan fingerprint density at radius 3 is 0.895 bits per heavy atom. The summed E-state index contributed by atoms with van der Waals surface area (Å²) in [7, 11) is -9.85. The first-order valence-corrected chi connectivity index (χ1v) is 33.0. The van der Waals surface area contributed by atoms with E-state index in [1.807, 2.05) is 0 Å². The maximum atomic E-state index is 12.9. The van der Waals surface area contributed by atoms with E-state index >= 15 is 0 Å². The van der Waals surface area contributed by atoms with Gasteiger partial charge in [-0.2, -0.15) is 0 Å². The highest BCUT2D eigenvalue weighted by Crippen LogP contribution is 2.45. The molecule has 0 aromatic carbocycles. The molecule has 0 saturated heterocycles. The maximum absolute atomic E-state index is 12.9. The molecule has 2 unspecified atom stereocenters. The molecule has 0 aromatic heterocycles. The zero-order valence-electron chi connectivity index (χ0n) is 48.5. The average molecular weight is 1130 g/mol. The molecule has 0 fully saturated rings. The van der Waals surface area contributed by atoms with Crippen molar-refractivity contribution in [3.8, 4) is 0 Å². The molecule has 0 heterocycles. The van der Waals surface area contributed by atoms with E-state index in [-0.39, 0.29) is 25.7 Å². The third-order valence-corrected chi connectivity index (χ3v) is 14.9. The summed E-state index contributed by atoms with van der Waals surface area (Å²) in [6.07, 6.45) is 30.3. The van der Waals surface area contributed by atoms with Crippen molar-refractivity contribution in [3.63, 3.8) is 0 Å². The van der Waals surface area contributed by atoms with Crippen molar-refractivity contribution < 1.29 is 80.2 Å². The third-order valence-electron chi connectivity index (χ3n) is 13.0. The smallest absolute Gasteiger partial charge is 0.462 e. The summed E-state index contributed by atoms with van der Waals surface area (Å²) in [5, 5.41) is 10.4. The summed E-state index contributed by atoms with van der Waals surface area (Å²) in [5.74, 6) is -0.694. The first kappa shape index (κ1) is 74.1. The summed E-state index contributed by atoms with van der Waals surface area (Å²) in [6, 6.07) is 0. The quantitative estimate of drug-likeness (QED) is 0.0222. The molecular weight excluding hydrogens is 1020 g/mol. The van der Waals surface area contributed by atoms with E-state index in [0.29, 0.717) is 31.6 Å². The highest BCUT2D eigenvalue weighted by molar-refractivity contribution is 7.47. The van der Waals surface area contributed by atoms with Crippen molar-refractivity contribution in [2.24, 2.45) is 11.8 Å². The minimum atomic E-state index is -4.93. The number of esters is 4. The standard InChI is InChI=1S/C57H110O17P2/c1-7-9-11-25-33-39-54(59)67-45-52(73-56(61)41-35-26-12-10-8-2)47-71-75(63,64)69-43-51(58)44-70-76(65,66)72-48-53(46-68-55(60)40-34-29-24-23-28-32-38-50(5)6)74-57(62)42-36-30-22-20-18-16-14-13-15-17-19-21-27-31-37-49(3)4/h49-53,58H,7-48H2,1-6H3,(H,63,64)(H,65,66)/t51-,52+,53+/m0/s1. The molecular formula is C57H110O17P2. The lowest BCUT2D eigenvalue weighted by Crippen LogP contribution is -2.30. The highest BCUT2D eigenvalue weighted by atomic mass is 31.2. The molecule has 0 spiro atoms. The number of carbonyl (C=O) groups is 4. The second kappa shape index (κ2) is 50.1. The lowest BCUT2D eigenvalue weighted by molar-refractivity contribution is -0.161. The summed E-state index contributed by atoms with van der Waals surface area (Å²) in [6.45, 7) is 9.19. The van der Waals surface area contributed by atoms with Gasteiger partial charge in [0, 0.05) is 25.7 Å². The van der Waals surface area contributed by atoms with E-state index in [1.54, 1.807) is 0 Å². The van der Waals surface area contributed by atoms with Crippen LogP contribution in [-0.4, -0.2) is 96.7 Å². The Hall–Kier alpha value is -1.94. The van der Waals surface area contributed by atoms with Crippen molar-refractivity contribution in [2.45, 2.75) is 291 Å². The van der Waals surface area contributed by atoms with Crippen LogP contribution < -0.4 is 0 Å². The van der Waals surface area contributed by atoms with Gasteiger partial charge in [0.1, 0.15) is 19.3 Å². The Labute approximate surface area is 460 Å². The summed E-state index contributed by atoms with van der Waals surface area (Å²) in [4.78, 5) is 71.3. The zero-order chi connectivity index (χ0) is 56.6. The van der Waals surface area contributed by atoms with Gasteiger partial charge in [-0.05, 0) is 37.5 Å². The largest absolute Gasteiger partial charge is 0.472 e. The van der Waals surface area contributed by atoms with Gasteiger partial charge < -0.3 is 33.8 Å². The van der Waals surface area contributed by atoms with E-state index in [1.165, 1.54) is 77.0 Å². The summed E-state index contributed by atoms with van der Waals surface area (Å²) < 4.78 is 67.2. The molecule has 5 atom stereocenters. The van der Waals surface area contributed by atoms with Gasteiger partial charge in [0.05, 0.1) is 26.4 Å². The van der Waals surface area contributed by atoms with Gasteiger partial charge in [-0.1, -0.05) is 221 Å². The summed E-state index contributed by atoms with van der Waals surface area (Å²) in [5.41, 5.74) is 0. The van der Waals surface area contributed by atoms with Crippen LogP contribution in [0.5, 0.6) is 0 Å². The molecule has 450 valence electrons. The van der Waals surface area contributed by atoms with E-state index in [9.17, 15) is 43.2 Å². The lowest BCUT2D eigenvalue weighted by atomic mass is 10.0. The number of aliphatic hydroxyl groups is 1. The zero-order valence-corrected chi connectivity index (χ0v) is 50.3. The molecule has 19 heteroatoms. The lowest BCUT2D eigenvalue weighted by Gasteiger charge is -2.21. The number of rotatable bonds is 56. The minimum absolute atomic E-state index is 0.0983. The van der Waals surface area contributed by atoms with Gasteiger partial charge in [0.25, 0.3) is 0 Å². The first-order valence-electron chi connectivity index (χ1n) is 30.0. The number of hydrogen-bond acceptors (Lipinski definition) is 15. The van der Waals surface area contributed by atoms with Gasteiger partial charge in [-0.15, -0.1) is 0 Å². The Bertz CT molecular complexity index is 1510. The van der Waals surface area contributed by atoms with Gasteiger partial charge in [0.15, 0.2) is 12.2 Å². The Kier molecular flexibility index (Phi) is 48.8. The Morgan fingerprint density at radius 2 is 0.605 bits per heavy atom. The molecule has 17 nitrogen and oxygen atoms in total. The maximum Gasteiger partial charge on any atom is 0.472 e. The monoisotopic (exact) mass is 1130 g/mol. The van der Waals surface area contributed by atoms with Crippen molar-refractivity contribution in [3.05, 3.63) is 0 Å². The molecule has 0 amide bonds. The molecule has 0 rings (SSSR count). The van der Waals surface area contributed by atoms with Crippen LogP contribution in [0.25, 0.3) is 0 Å². The number of aliphatic hydroxyl groups excluding tert-OH is 1. The van der Waals surface area contributed by atoms with Gasteiger partial charge in [-0.3, -0.25) is 37.3 Å². The fourth-order valence-corrected chi connectivity index (χ4v) is 9.87. The number of phosphoric ester groups is 2. The number of carbonyl (C=O) groups excluding carboxylic acids is 4. The van der Waals surface area contributed by atoms with E-state index < -0.39 is 97.5 Å². The predicted molar refractivity (Wildman–Crippen MR) is 298 cm³/mol. The Balaban J connectivity index is 5.08. The topological polar surface area (TPSA) is 237 Å². The number of hydrogen-bond donors (Lipinski definition) is 3. The molecule has 3 N–H and O–H groups in total. The van der Waals surface area contributed by atoms with Crippen molar-refractivity contribution in [1.29, 1.82) is 0 Å². The molecule has 0 aliphatic carbocycles. The van der Waals surface area contributed by atoms with Crippen LogP contribution in [0.15, 0.2) is 0 Å². The molecule has 0 radical (unpaired) electrons. The minimum Gasteiger partial charge on any atom is -0.462 e. The van der Waals surface area contributed by atoms with Crippen LogP contribution in [-0.2, 0) is 65.4 Å². The molecule has 0 aromatic rings. The van der Waals surface area contributed by atoms with Crippen molar-refractivity contribution >= 4 is 39.5 Å². The molecule has 0 aliphatic heterocycles. The third kappa shape index (κ3) is 51.5. The van der Waals surface area contributed by atoms with Crippen LogP contribution >= 0.6 is 15.6 Å². The van der Waals surface area contributed by atoms with Gasteiger partial charge in [-0.25, -0.2) is 9.13 Å². The molecule has 76 heavy (non-hydrogen) atoms. The van der Waals surface area contributed by atoms with E-state index in [0.717, 1.165) is 109 Å². The summed E-state index contributed by atoms with van der Waals surface area (Å²) >= 11 is 0. The van der Waals surface area contributed by atoms with Crippen molar-refractivity contribution in [1.82, 2.24) is 0 Å².